The van der Waals surface area contributed by atoms with Gasteiger partial charge in [-0.1, -0.05) is 30.3 Å². The van der Waals surface area contributed by atoms with Crippen molar-refractivity contribution in [2.75, 3.05) is 18.0 Å². The molecule has 5 heteroatoms. The number of hydrogen-bond donors (Lipinski definition) is 0. The number of hydrogen-bond acceptors (Lipinski definition) is 5. The molecular formula is C19H20N4O. The first-order valence-electron chi connectivity index (χ1n) is 8.12. The van der Waals surface area contributed by atoms with Crippen molar-refractivity contribution in [2.24, 2.45) is 0 Å². The summed E-state index contributed by atoms with van der Waals surface area (Å²) in [5, 5.41) is 9.76. The minimum atomic E-state index is -0.438. The van der Waals surface area contributed by atoms with Crippen LogP contribution < -0.4 is 4.90 Å². The summed E-state index contributed by atoms with van der Waals surface area (Å²) >= 11 is 0. The molecule has 3 rings (SSSR count). The molecule has 0 amide bonds. The fourth-order valence-electron chi connectivity index (χ4n) is 3.26. The zero-order valence-corrected chi connectivity index (χ0v) is 14.0. The Morgan fingerprint density at radius 1 is 1.25 bits per heavy atom. The topological polar surface area (TPSA) is 69.9 Å². The lowest BCUT2D eigenvalue weighted by Crippen LogP contribution is -2.42. The van der Waals surface area contributed by atoms with E-state index < -0.39 is 5.41 Å². The van der Waals surface area contributed by atoms with E-state index in [4.69, 9.17) is 0 Å². The van der Waals surface area contributed by atoms with Crippen LogP contribution in [0.15, 0.2) is 36.5 Å². The maximum Gasteiger partial charge on any atom is 0.225 e. The van der Waals surface area contributed by atoms with Gasteiger partial charge in [-0.2, -0.15) is 5.26 Å². The third kappa shape index (κ3) is 2.88. The summed E-state index contributed by atoms with van der Waals surface area (Å²) in [5.41, 5.74) is 1.90. The standard InChI is InChI=1S/C19H20N4O/c1-14-17(15(2)24)12-21-18(22-14)23-10-8-19(13-20,9-11-23)16-6-4-3-5-7-16/h3-7,12H,8-11H2,1-2H3. The number of anilines is 1. The number of nitriles is 1. The molecule has 1 aliphatic rings. The molecule has 1 saturated heterocycles. The molecule has 0 radical (unpaired) electrons. The summed E-state index contributed by atoms with van der Waals surface area (Å²) in [4.78, 5) is 22.4. The fourth-order valence-corrected chi connectivity index (χ4v) is 3.26. The number of rotatable bonds is 3. The average molecular weight is 320 g/mol. The number of benzene rings is 1. The van der Waals surface area contributed by atoms with Crippen molar-refractivity contribution in [3.8, 4) is 6.07 Å². The first-order chi connectivity index (χ1) is 11.6. The zero-order chi connectivity index (χ0) is 17.2. The minimum Gasteiger partial charge on any atom is -0.341 e. The smallest absolute Gasteiger partial charge is 0.225 e. The number of carbonyl (C=O) groups excluding carboxylic acids is 1. The van der Waals surface area contributed by atoms with Gasteiger partial charge in [0.15, 0.2) is 5.78 Å². The van der Waals surface area contributed by atoms with Crippen molar-refractivity contribution in [1.82, 2.24) is 9.97 Å². The van der Waals surface area contributed by atoms with E-state index in [1.165, 1.54) is 6.92 Å². The van der Waals surface area contributed by atoms with Gasteiger partial charge in [0.25, 0.3) is 0 Å². The molecule has 122 valence electrons. The Labute approximate surface area is 142 Å². The molecule has 1 fully saturated rings. The molecule has 1 aliphatic heterocycles. The van der Waals surface area contributed by atoms with Gasteiger partial charge in [0.05, 0.1) is 22.7 Å². The Morgan fingerprint density at radius 3 is 2.46 bits per heavy atom. The van der Waals surface area contributed by atoms with E-state index in [0.717, 1.165) is 31.5 Å². The maximum atomic E-state index is 11.5. The molecule has 0 aliphatic carbocycles. The van der Waals surface area contributed by atoms with Gasteiger partial charge >= 0.3 is 0 Å². The molecule has 1 aromatic carbocycles. The van der Waals surface area contributed by atoms with Crippen molar-refractivity contribution >= 4 is 11.7 Å². The molecule has 5 nitrogen and oxygen atoms in total. The highest BCUT2D eigenvalue weighted by atomic mass is 16.1. The van der Waals surface area contributed by atoms with Crippen LogP contribution in [0.5, 0.6) is 0 Å². The first-order valence-corrected chi connectivity index (χ1v) is 8.12. The van der Waals surface area contributed by atoms with Gasteiger partial charge in [0.2, 0.25) is 5.95 Å². The Bertz CT molecular complexity index is 787. The second kappa shape index (κ2) is 6.40. The lowest BCUT2D eigenvalue weighted by atomic mass is 9.74. The number of Topliss-reactive ketones (excluding diaryl/α,β-unsaturated/α-hetero) is 1. The van der Waals surface area contributed by atoms with Crippen LogP contribution in [0.3, 0.4) is 0 Å². The van der Waals surface area contributed by atoms with Crippen LogP contribution in [-0.4, -0.2) is 28.8 Å². The van der Waals surface area contributed by atoms with Crippen molar-refractivity contribution in [3.05, 3.63) is 53.3 Å². The summed E-state index contributed by atoms with van der Waals surface area (Å²) in [7, 11) is 0. The van der Waals surface area contributed by atoms with Crippen molar-refractivity contribution in [2.45, 2.75) is 32.1 Å². The first kappa shape index (κ1) is 16.1. The number of nitrogens with zero attached hydrogens (tertiary/aromatic N) is 4. The van der Waals surface area contributed by atoms with Gasteiger partial charge < -0.3 is 4.90 Å². The van der Waals surface area contributed by atoms with Crippen LogP contribution in [0.25, 0.3) is 0 Å². The highest BCUT2D eigenvalue weighted by Gasteiger charge is 2.37. The highest BCUT2D eigenvalue weighted by Crippen LogP contribution is 2.35. The minimum absolute atomic E-state index is 0.0229. The van der Waals surface area contributed by atoms with Crippen LogP contribution in [-0.2, 0) is 5.41 Å². The molecule has 0 saturated carbocycles. The van der Waals surface area contributed by atoms with Gasteiger partial charge in [0, 0.05) is 19.3 Å². The Balaban J connectivity index is 1.79. The van der Waals surface area contributed by atoms with Crippen molar-refractivity contribution in [1.29, 1.82) is 5.26 Å². The van der Waals surface area contributed by atoms with Crippen LogP contribution in [0.1, 0.15) is 41.4 Å². The number of ketones is 1. The van der Waals surface area contributed by atoms with Crippen LogP contribution in [0.2, 0.25) is 0 Å². The van der Waals surface area contributed by atoms with E-state index in [0.29, 0.717) is 17.2 Å². The Morgan fingerprint density at radius 2 is 1.92 bits per heavy atom. The largest absolute Gasteiger partial charge is 0.341 e. The summed E-state index contributed by atoms with van der Waals surface area (Å²) in [6.45, 7) is 4.80. The maximum absolute atomic E-state index is 11.5. The molecule has 1 aromatic heterocycles. The summed E-state index contributed by atoms with van der Waals surface area (Å²) in [6.07, 6.45) is 3.08. The highest BCUT2D eigenvalue weighted by molar-refractivity contribution is 5.94. The monoisotopic (exact) mass is 320 g/mol. The van der Waals surface area contributed by atoms with Gasteiger partial charge in [-0.15, -0.1) is 0 Å². The number of piperidine rings is 1. The van der Waals surface area contributed by atoms with E-state index in [1.807, 2.05) is 37.3 Å². The normalized spacial score (nSPS) is 16.5. The zero-order valence-electron chi connectivity index (χ0n) is 14.0. The van der Waals surface area contributed by atoms with E-state index in [2.05, 4.69) is 20.9 Å². The van der Waals surface area contributed by atoms with E-state index in [1.54, 1.807) is 6.20 Å². The lowest BCUT2D eigenvalue weighted by Gasteiger charge is -2.37. The SMILES string of the molecule is CC(=O)c1cnc(N2CCC(C#N)(c3ccccc3)CC2)nc1C. The van der Waals surface area contributed by atoms with E-state index in [-0.39, 0.29) is 5.78 Å². The summed E-state index contributed by atoms with van der Waals surface area (Å²) < 4.78 is 0. The van der Waals surface area contributed by atoms with Crippen LogP contribution >= 0.6 is 0 Å². The molecule has 0 atom stereocenters. The second-order valence-electron chi connectivity index (χ2n) is 6.27. The third-order valence-electron chi connectivity index (χ3n) is 4.79. The number of aryl methyl sites for hydroxylation is 1. The molecule has 2 heterocycles. The Hall–Kier alpha value is -2.74. The van der Waals surface area contributed by atoms with Gasteiger partial charge in [-0.25, -0.2) is 9.97 Å². The lowest BCUT2D eigenvalue weighted by molar-refractivity contribution is 0.101. The van der Waals surface area contributed by atoms with Crippen LogP contribution in [0, 0.1) is 18.3 Å². The quantitative estimate of drug-likeness (QED) is 0.813. The van der Waals surface area contributed by atoms with Gasteiger partial charge in [-0.3, -0.25) is 4.79 Å². The fraction of sp³-hybridized carbons (Fsp3) is 0.368. The Kier molecular flexibility index (Phi) is 4.30. The van der Waals surface area contributed by atoms with E-state index >= 15 is 0 Å². The van der Waals surface area contributed by atoms with E-state index in [9.17, 15) is 10.1 Å². The molecule has 24 heavy (non-hydrogen) atoms. The predicted octanol–water partition coefficient (Wildman–Crippen LogP) is 3.05. The predicted molar refractivity (Wildman–Crippen MR) is 92.0 cm³/mol. The summed E-state index contributed by atoms with van der Waals surface area (Å²) in [6, 6.07) is 12.5. The average Bonchev–Trinajstić information content (AvgIpc) is 2.62. The summed E-state index contributed by atoms with van der Waals surface area (Å²) in [5.74, 6) is 0.613. The van der Waals surface area contributed by atoms with Crippen LogP contribution in [0.4, 0.5) is 5.95 Å². The third-order valence-corrected chi connectivity index (χ3v) is 4.79. The number of carbonyl (C=O) groups is 1. The second-order valence-corrected chi connectivity index (χ2v) is 6.27. The molecule has 0 spiro atoms. The van der Waals surface area contributed by atoms with Crippen molar-refractivity contribution < 1.29 is 4.79 Å². The molecule has 0 bridgehead atoms. The molecule has 0 unspecified atom stereocenters. The van der Waals surface area contributed by atoms with Gasteiger partial charge in [0.1, 0.15) is 0 Å². The molecule has 2 aromatic rings. The molecular weight excluding hydrogens is 300 g/mol. The molecule has 0 N–H and O–H groups in total. The number of aromatic nitrogens is 2. The van der Waals surface area contributed by atoms with Gasteiger partial charge in [-0.05, 0) is 32.3 Å². The van der Waals surface area contributed by atoms with Crippen molar-refractivity contribution in [3.63, 3.8) is 0 Å².